The molecule has 15 heteroatoms. The van der Waals surface area contributed by atoms with Crippen LogP contribution in [0.5, 0.6) is 11.5 Å². The maximum absolute atomic E-state index is 13.6. The first kappa shape index (κ1) is 29.8. The van der Waals surface area contributed by atoms with Gasteiger partial charge in [-0.3, -0.25) is 19.7 Å². The van der Waals surface area contributed by atoms with Gasteiger partial charge in [0.2, 0.25) is 11.9 Å². The first-order valence-corrected chi connectivity index (χ1v) is 15.0. The van der Waals surface area contributed by atoms with Crippen molar-refractivity contribution in [1.82, 2.24) is 25.5 Å². The summed E-state index contributed by atoms with van der Waals surface area (Å²) < 4.78 is 10.8. The van der Waals surface area contributed by atoms with E-state index in [1.165, 1.54) is 42.1 Å². The molecule has 1 aliphatic carbocycles. The molecule has 4 heterocycles. The summed E-state index contributed by atoms with van der Waals surface area (Å²) in [7, 11) is 4.56. The van der Waals surface area contributed by atoms with Crippen LogP contribution >= 0.6 is 23.2 Å². The molecule has 3 aromatic rings. The molecule has 1 aromatic carbocycles. The lowest BCUT2D eigenvalue weighted by molar-refractivity contribution is -0.117. The normalized spacial score (nSPS) is 19.8. The molecule has 2 aliphatic heterocycles. The summed E-state index contributed by atoms with van der Waals surface area (Å²) in [6.45, 7) is 4.85. The topological polar surface area (TPSA) is 141 Å². The van der Waals surface area contributed by atoms with Gasteiger partial charge in [0.15, 0.2) is 0 Å². The van der Waals surface area contributed by atoms with Crippen molar-refractivity contribution in [3.05, 3.63) is 52.3 Å². The Bertz CT molecular complexity index is 1580. The van der Waals surface area contributed by atoms with Crippen LogP contribution in [0.3, 0.4) is 0 Å². The highest BCUT2D eigenvalue weighted by molar-refractivity contribution is 6.42. The Kier molecular flexibility index (Phi) is 8.16. The quantitative estimate of drug-likeness (QED) is 0.291. The van der Waals surface area contributed by atoms with E-state index in [1.807, 2.05) is 6.20 Å². The fourth-order valence-corrected chi connectivity index (χ4v) is 6.61. The minimum Gasteiger partial charge on any atom is -0.495 e. The third-order valence-corrected chi connectivity index (χ3v) is 9.21. The Morgan fingerprint density at radius 1 is 1.14 bits per heavy atom. The molecule has 0 spiro atoms. The number of H-pyrrole nitrogens is 1. The van der Waals surface area contributed by atoms with Gasteiger partial charge in [-0.2, -0.15) is 10.1 Å². The Labute approximate surface area is 264 Å². The summed E-state index contributed by atoms with van der Waals surface area (Å²) >= 11 is 13.2. The van der Waals surface area contributed by atoms with E-state index < -0.39 is 6.03 Å². The van der Waals surface area contributed by atoms with Crippen LogP contribution in [0.2, 0.25) is 10.0 Å². The van der Waals surface area contributed by atoms with Crippen LogP contribution in [0.25, 0.3) is 0 Å². The molecule has 0 radical (unpaired) electrons. The van der Waals surface area contributed by atoms with Crippen LogP contribution in [-0.4, -0.2) is 78.5 Å². The molecule has 44 heavy (non-hydrogen) atoms. The number of carbonyl (C=O) groups is 2. The van der Waals surface area contributed by atoms with Crippen molar-refractivity contribution in [2.24, 2.45) is 0 Å². The van der Waals surface area contributed by atoms with E-state index in [0.717, 1.165) is 18.7 Å². The summed E-state index contributed by atoms with van der Waals surface area (Å²) in [6.07, 6.45) is 8.34. The molecule has 3 N–H and O–H groups in total. The number of halogens is 2. The van der Waals surface area contributed by atoms with Crippen LogP contribution < -0.4 is 34.8 Å². The zero-order chi connectivity index (χ0) is 31.1. The molecule has 2 aromatic heterocycles. The summed E-state index contributed by atoms with van der Waals surface area (Å²) in [5.74, 6) is 2.60. The minimum atomic E-state index is -0.396. The lowest BCUT2D eigenvalue weighted by Gasteiger charge is -2.35. The molecule has 2 atom stereocenters. The highest BCUT2D eigenvalue weighted by Gasteiger charge is 2.38. The number of nitrogens with zero attached hydrogens (tertiary/aromatic N) is 6. The molecule has 6 rings (SSSR count). The van der Waals surface area contributed by atoms with Crippen molar-refractivity contribution in [3.8, 4) is 11.5 Å². The molecule has 13 nitrogen and oxygen atoms in total. The van der Waals surface area contributed by atoms with Crippen LogP contribution in [0.1, 0.15) is 36.3 Å². The number of methoxy groups -OCH3 is 2. The predicted molar refractivity (Wildman–Crippen MR) is 169 cm³/mol. The molecular formula is C29H33Cl2N9O4. The fraction of sp³-hybridized carbons (Fsp3) is 0.414. The van der Waals surface area contributed by atoms with E-state index in [-0.39, 0.29) is 40.3 Å². The average Bonchev–Trinajstić information content (AvgIpc) is 3.62. The maximum atomic E-state index is 13.6. The first-order chi connectivity index (χ1) is 21.2. The number of rotatable bonds is 9. The maximum Gasteiger partial charge on any atom is 0.330 e. The van der Waals surface area contributed by atoms with E-state index >= 15 is 0 Å². The van der Waals surface area contributed by atoms with Gasteiger partial charge in [-0.25, -0.2) is 9.78 Å². The van der Waals surface area contributed by atoms with Crippen molar-refractivity contribution < 1.29 is 19.1 Å². The summed E-state index contributed by atoms with van der Waals surface area (Å²) in [5, 5.41) is 14.3. The van der Waals surface area contributed by atoms with Gasteiger partial charge in [-0.15, -0.1) is 0 Å². The van der Waals surface area contributed by atoms with Crippen molar-refractivity contribution in [2.75, 3.05) is 54.4 Å². The lowest BCUT2D eigenvalue weighted by atomic mass is 9.81. The van der Waals surface area contributed by atoms with Gasteiger partial charge >= 0.3 is 6.03 Å². The summed E-state index contributed by atoms with van der Waals surface area (Å²) in [6, 6.07) is 0.668. The number of aromatic amines is 1. The van der Waals surface area contributed by atoms with Crippen LogP contribution in [0, 0.1) is 0 Å². The van der Waals surface area contributed by atoms with Crippen LogP contribution in [0.15, 0.2) is 31.1 Å². The van der Waals surface area contributed by atoms with Gasteiger partial charge in [0.25, 0.3) is 0 Å². The largest absolute Gasteiger partial charge is 0.495 e. The van der Waals surface area contributed by atoms with Crippen molar-refractivity contribution in [1.29, 1.82) is 0 Å². The smallest absolute Gasteiger partial charge is 0.330 e. The van der Waals surface area contributed by atoms with Crippen molar-refractivity contribution in [3.63, 3.8) is 0 Å². The number of hydrogen-bond donors (Lipinski definition) is 3. The number of benzene rings is 1. The standard InChI is InChI=1S/C29H33Cl2N9O4/c1-5-22(41)34-18-13-39(27-17(11-33-37-27)15-7-6-8-15)14-19(18)35-28-32-10-16-12-40(29(42)38(2)26(16)36-28)25-23(30)20(43-3)9-21(44-4)24(25)31/h5,9-11,15,18-19H,1,6-8,12-14H2,2-4H3,(H,33,37)(H,34,41)(H,32,35,36). The van der Waals surface area contributed by atoms with Gasteiger partial charge in [0.1, 0.15) is 33.2 Å². The number of anilines is 4. The predicted octanol–water partition coefficient (Wildman–Crippen LogP) is 4.34. The van der Waals surface area contributed by atoms with Gasteiger partial charge in [0, 0.05) is 43.5 Å². The highest BCUT2D eigenvalue weighted by atomic mass is 35.5. The number of amides is 3. The Balaban J connectivity index is 1.26. The Morgan fingerprint density at radius 2 is 1.84 bits per heavy atom. The first-order valence-electron chi connectivity index (χ1n) is 14.2. The van der Waals surface area contributed by atoms with Gasteiger partial charge < -0.3 is 25.0 Å². The average molecular weight is 643 g/mol. The van der Waals surface area contributed by atoms with E-state index in [1.54, 1.807) is 19.3 Å². The lowest BCUT2D eigenvalue weighted by Crippen LogP contribution is -2.47. The van der Waals surface area contributed by atoms with Crippen LogP contribution in [0.4, 0.5) is 28.1 Å². The van der Waals surface area contributed by atoms with Gasteiger partial charge in [0.05, 0.1) is 44.7 Å². The minimum absolute atomic E-state index is 0.119. The zero-order valence-corrected chi connectivity index (χ0v) is 26.1. The molecule has 0 bridgehead atoms. The molecule has 2 fully saturated rings. The Morgan fingerprint density at radius 3 is 2.48 bits per heavy atom. The third-order valence-electron chi connectivity index (χ3n) is 8.48. The van der Waals surface area contributed by atoms with Crippen molar-refractivity contribution in [2.45, 2.75) is 43.8 Å². The second-order valence-electron chi connectivity index (χ2n) is 11.0. The van der Waals surface area contributed by atoms with E-state index in [0.29, 0.717) is 47.8 Å². The number of hydrogen-bond acceptors (Lipinski definition) is 9. The van der Waals surface area contributed by atoms with Gasteiger partial charge in [-0.05, 0) is 24.8 Å². The van der Waals surface area contributed by atoms with Crippen molar-refractivity contribution >= 4 is 58.4 Å². The summed E-state index contributed by atoms with van der Waals surface area (Å²) in [5.41, 5.74) is 2.15. The Hall–Kier alpha value is -4.23. The van der Waals surface area contributed by atoms with E-state index in [2.05, 4.69) is 37.3 Å². The number of ether oxygens (including phenoxy) is 2. The number of fused-ring (bicyclic) bond motifs is 1. The van der Waals surface area contributed by atoms with Crippen LogP contribution in [-0.2, 0) is 11.3 Å². The second kappa shape index (κ2) is 12.0. The number of nitrogens with one attached hydrogen (secondary N) is 3. The molecular weight excluding hydrogens is 609 g/mol. The number of carbonyl (C=O) groups excluding carboxylic acids is 2. The molecule has 2 unspecified atom stereocenters. The number of aromatic nitrogens is 4. The highest BCUT2D eigenvalue weighted by Crippen LogP contribution is 2.48. The van der Waals surface area contributed by atoms with Gasteiger partial charge in [-0.1, -0.05) is 36.2 Å². The molecule has 3 aliphatic rings. The SMILES string of the molecule is C=CC(=O)NC1CN(c2[nH]ncc2C2CCC2)CC1Nc1ncc2c(n1)N(C)C(=O)N(c1c(Cl)c(OC)cc(OC)c1Cl)C2. The molecule has 3 amide bonds. The molecule has 1 saturated carbocycles. The third kappa shape index (κ3) is 5.23. The second-order valence-corrected chi connectivity index (χ2v) is 11.8. The van der Waals surface area contributed by atoms with E-state index in [9.17, 15) is 9.59 Å². The van der Waals surface area contributed by atoms with E-state index in [4.69, 9.17) is 37.7 Å². The monoisotopic (exact) mass is 641 g/mol. The fourth-order valence-electron chi connectivity index (χ4n) is 5.91. The molecule has 232 valence electrons. The zero-order valence-electron chi connectivity index (χ0n) is 24.6. The molecule has 1 saturated heterocycles. The number of urea groups is 1. The summed E-state index contributed by atoms with van der Waals surface area (Å²) in [4.78, 5) is 40.3.